The topological polar surface area (TPSA) is 26.3 Å². The molecular weight excluding hydrogens is 164 g/mol. The molecule has 0 fully saturated rings. The summed E-state index contributed by atoms with van der Waals surface area (Å²) in [5, 5.41) is 0. The molecule has 11 heavy (non-hydrogen) atoms. The van der Waals surface area contributed by atoms with Crippen molar-refractivity contribution in [3.8, 4) is 0 Å². The lowest BCUT2D eigenvalue weighted by molar-refractivity contribution is -0.146. The number of hydrogen-bond donors (Lipinski definition) is 0. The smallest absolute Gasteiger partial charge is 0.312 e. The highest BCUT2D eigenvalue weighted by molar-refractivity contribution is 6.18. The first-order valence-corrected chi connectivity index (χ1v) is 4.14. The average Bonchev–Trinajstić information content (AvgIpc) is 2.00. The zero-order valence-electron chi connectivity index (χ0n) is 6.68. The van der Waals surface area contributed by atoms with Crippen LogP contribution in [0.15, 0.2) is 12.7 Å². The molecule has 0 amide bonds. The zero-order valence-corrected chi connectivity index (χ0v) is 7.43. The van der Waals surface area contributed by atoms with E-state index in [-0.39, 0.29) is 11.9 Å². The molecule has 0 unspecified atom stereocenters. The molecule has 0 aliphatic carbocycles. The Balaban J connectivity index is 3.81. The highest BCUT2D eigenvalue weighted by atomic mass is 35.5. The van der Waals surface area contributed by atoms with Crippen LogP contribution in [0, 0.1) is 5.92 Å². The maximum Gasteiger partial charge on any atom is 0.312 e. The van der Waals surface area contributed by atoms with E-state index in [1.165, 1.54) is 0 Å². The molecule has 2 nitrogen and oxygen atoms in total. The zero-order chi connectivity index (χ0) is 8.69. The van der Waals surface area contributed by atoms with Gasteiger partial charge >= 0.3 is 5.97 Å². The lowest BCUT2D eigenvalue weighted by atomic mass is 10.1. The van der Waals surface area contributed by atoms with Crippen LogP contribution in [-0.4, -0.2) is 18.5 Å². The van der Waals surface area contributed by atoms with Crippen LogP contribution < -0.4 is 0 Å². The van der Waals surface area contributed by atoms with Crippen molar-refractivity contribution in [1.29, 1.82) is 0 Å². The third-order valence-corrected chi connectivity index (χ3v) is 1.51. The van der Waals surface area contributed by atoms with Crippen molar-refractivity contribution < 1.29 is 9.53 Å². The number of alkyl halides is 1. The maximum atomic E-state index is 11.0. The highest BCUT2D eigenvalue weighted by Gasteiger charge is 2.14. The summed E-state index contributed by atoms with van der Waals surface area (Å²) >= 11 is 5.46. The third kappa shape index (κ3) is 4.04. The minimum absolute atomic E-state index is 0.233. The number of hydrogen-bond acceptors (Lipinski definition) is 2. The van der Waals surface area contributed by atoms with Gasteiger partial charge in [0.2, 0.25) is 0 Å². The second-order valence-electron chi connectivity index (χ2n) is 2.07. The van der Waals surface area contributed by atoms with Crippen molar-refractivity contribution in [3.63, 3.8) is 0 Å². The molecule has 0 aromatic heterocycles. The summed E-state index contributed by atoms with van der Waals surface area (Å²) in [6.45, 7) is 5.71. The van der Waals surface area contributed by atoms with Crippen LogP contribution in [0.3, 0.4) is 0 Å². The monoisotopic (exact) mass is 176 g/mol. The Morgan fingerprint density at radius 2 is 2.45 bits per heavy atom. The van der Waals surface area contributed by atoms with E-state index < -0.39 is 0 Å². The Kier molecular flexibility index (Phi) is 5.94. The van der Waals surface area contributed by atoms with Crippen molar-refractivity contribution in [2.75, 3.05) is 12.5 Å². The molecule has 0 rings (SSSR count). The molecule has 0 aliphatic heterocycles. The van der Waals surface area contributed by atoms with Crippen LogP contribution in [0.25, 0.3) is 0 Å². The molecule has 0 saturated carbocycles. The van der Waals surface area contributed by atoms with Crippen LogP contribution in [0.5, 0.6) is 0 Å². The fraction of sp³-hybridized carbons (Fsp3) is 0.625. The maximum absolute atomic E-state index is 11.0. The highest BCUT2D eigenvalue weighted by Crippen LogP contribution is 2.07. The van der Waals surface area contributed by atoms with Gasteiger partial charge < -0.3 is 4.74 Å². The molecule has 0 N–H and O–H groups in total. The number of esters is 1. The number of halogens is 1. The Bertz CT molecular complexity index is 134. The first kappa shape index (κ1) is 10.5. The molecule has 0 radical (unpaired) electrons. The van der Waals surface area contributed by atoms with E-state index in [1.807, 2.05) is 0 Å². The van der Waals surface area contributed by atoms with Crippen molar-refractivity contribution >= 4 is 17.6 Å². The van der Waals surface area contributed by atoms with E-state index in [0.29, 0.717) is 18.9 Å². The van der Waals surface area contributed by atoms with Crippen molar-refractivity contribution in [3.05, 3.63) is 12.7 Å². The molecule has 0 aromatic carbocycles. The molecule has 0 saturated heterocycles. The van der Waals surface area contributed by atoms with Gasteiger partial charge in [-0.15, -0.1) is 18.2 Å². The van der Waals surface area contributed by atoms with Gasteiger partial charge in [-0.2, -0.15) is 0 Å². The Labute approximate surface area is 72.2 Å². The number of rotatable bonds is 5. The molecule has 64 valence electrons. The number of ether oxygens (including phenoxy) is 1. The molecular formula is C8H13ClO2. The fourth-order valence-corrected chi connectivity index (χ4v) is 0.934. The van der Waals surface area contributed by atoms with Crippen LogP contribution >= 0.6 is 11.6 Å². The lowest BCUT2D eigenvalue weighted by Crippen LogP contribution is -2.15. The predicted molar refractivity (Wildman–Crippen MR) is 45.7 cm³/mol. The molecule has 0 aromatic rings. The first-order valence-electron chi connectivity index (χ1n) is 3.61. The largest absolute Gasteiger partial charge is 0.466 e. The van der Waals surface area contributed by atoms with Crippen LogP contribution in [-0.2, 0) is 9.53 Å². The Morgan fingerprint density at radius 3 is 2.82 bits per heavy atom. The Morgan fingerprint density at radius 1 is 1.82 bits per heavy atom. The standard InChI is InChI=1S/C8H13ClO2/c1-3-7(5-6-9)8(10)11-4-2/h3,7H,1,4-6H2,2H3/t7-/m0/s1. The van der Waals surface area contributed by atoms with Gasteiger partial charge in [0.1, 0.15) is 0 Å². The van der Waals surface area contributed by atoms with Crippen LogP contribution in [0.1, 0.15) is 13.3 Å². The van der Waals surface area contributed by atoms with Crippen LogP contribution in [0.2, 0.25) is 0 Å². The molecule has 0 spiro atoms. The van der Waals surface area contributed by atoms with E-state index in [9.17, 15) is 4.79 Å². The molecule has 0 bridgehead atoms. The lowest BCUT2D eigenvalue weighted by Gasteiger charge is -2.08. The predicted octanol–water partition coefficient (Wildman–Crippen LogP) is 1.98. The summed E-state index contributed by atoms with van der Waals surface area (Å²) in [6, 6.07) is 0. The van der Waals surface area contributed by atoms with E-state index in [4.69, 9.17) is 16.3 Å². The average molecular weight is 177 g/mol. The van der Waals surface area contributed by atoms with Crippen LogP contribution in [0.4, 0.5) is 0 Å². The van der Waals surface area contributed by atoms with E-state index in [2.05, 4.69) is 6.58 Å². The second kappa shape index (κ2) is 6.23. The summed E-state index contributed by atoms with van der Waals surface area (Å²) in [6.07, 6.45) is 2.17. The van der Waals surface area contributed by atoms with Gasteiger partial charge in [0.25, 0.3) is 0 Å². The summed E-state index contributed by atoms with van der Waals surface area (Å²) in [5.41, 5.74) is 0. The Hall–Kier alpha value is -0.500. The summed E-state index contributed by atoms with van der Waals surface area (Å²) in [7, 11) is 0. The van der Waals surface area contributed by atoms with Gasteiger partial charge in [-0.05, 0) is 13.3 Å². The van der Waals surface area contributed by atoms with E-state index >= 15 is 0 Å². The second-order valence-corrected chi connectivity index (χ2v) is 2.45. The summed E-state index contributed by atoms with van der Waals surface area (Å²) < 4.78 is 4.78. The first-order chi connectivity index (χ1) is 5.26. The minimum Gasteiger partial charge on any atom is -0.466 e. The molecule has 0 heterocycles. The third-order valence-electron chi connectivity index (χ3n) is 1.29. The minimum atomic E-state index is -0.243. The molecule has 3 heteroatoms. The summed E-state index contributed by atoms with van der Waals surface area (Å²) in [4.78, 5) is 11.0. The molecule has 0 aliphatic rings. The van der Waals surface area contributed by atoms with Gasteiger partial charge in [0, 0.05) is 5.88 Å². The van der Waals surface area contributed by atoms with Gasteiger partial charge in [-0.1, -0.05) is 6.08 Å². The van der Waals surface area contributed by atoms with Gasteiger partial charge in [0.05, 0.1) is 12.5 Å². The van der Waals surface area contributed by atoms with E-state index in [1.54, 1.807) is 13.0 Å². The van der Waals surface area contributed by atoms with Gasteiger partial charge in [-0.25, -0.2) is 0 Å². The van der Waals surface area contributed by atoms with Crippen molar-refractivity contribution in [1.82, 2.24) is 0 Å². The fourth-order valence-electron chi connectivity index (χ4n) is 0.699. The van der Waals surface area contributed by atoms with Gasteiger partial charge in [-0.3, -0.25) is 4.79 Å². The van der Waals surface area contributed by atoms with Crippen molar-refractivity contribution in [2.24, 2.45) is 5.92 Å². The van der Waals surface area contributed by atoms with Crippen molar-refractivity contribution in [2.45, 2.75) is 13.3 Å². The quantitative estimate of drug-likeness (QED) is 0.364. The normalized spacial score (nSPS) is 12.2. The number of carbonyl (C=O) groups excluding carboxylic acids is 1. The number of carbonyl (C=O) groups is 1. The molecule has 1 atom stereocenters. The van der Waals surface area contributed by atoms with E-state index in [0.717, 1.165) is 0 Å². The summed E-state index contributed by atoms with van der Waals surface area (Å²) in [5.74, 6) is -0.0224. The SMILES string of the molecule is C=C[C@@H](CCCl)C(=O)OCC. The van der Waals surface area contributed by atoms with Gasteiger partial charge in [0.15, 0.2) is 0 Å².